The highest BCUT2D eigenvalue weighted by molar-refractivity contribution is 6.31. The maximum absolute atomic E-state index is 10.4. The maximum Gasteiger partial charge on any atom is 0.236 e. The number of carbonyl (C=O) groups is 1. The molecule has 0 N–H and O–H groups in total. The Balaban J connectivity index is 2.83. The van der Waals surface area contributed by atoms with Crippen LogP contribution in [0.1, 0.15) is 0 Å². The molecule has 4 nitrogen and oxygen atoms in total. The van der Waals surface area contributed by atoms with Crippen LogP contribution in [0.15, 0.2) is 18.2 Å². The molecule has 60 valence electrons. The summed E-state index contributed by atoms with van der Waals surface area (Å²) in [6.07, 6.45) is 0.589. The monoisotopic (exact) mass is 181 g/mol. The lowest BCUT2D eigenvalue weighted by molar-refractivity contribution is 0.540. The first-order chi connectivity index (χ1) is 5.81. The molecule has 0 saturated heterocycles. The van der Waals surface area contributed by atoms with Crippen LogP contribution in [0.5, 0.6) is 0 Å². The Morgan fingerprint density at radius 1 is 1.50 bits per heavy atom. The van der Waals surface area contributed by atoms with Crippen LogP contribution in [0.2, 0.25) is 5.02 Å². The SMILES string of the molecule is O=Cn1nnc2ccc(Cl)cc21. The van der Waals surface area contributed by atoms with Gasteiger partial charge in [-0.2, -0.15) is 4.68 Å². The van der Waals surface area contributed by atoms with Crippen LogP contribution in [-0.4, -0.2) is 21.4 Å². The van der Waals surface area contributed by atoms with Crippen LogP contribution in [-0.2, 0) is 4.79 Å². The summed E-state index contributed by atoms with van der Waals surface area (Å²) < 4.78 is 1.14. The lowest BCUT2D eigenvalue weighted by Crippen LogP contribution is -1.95. The van der Waals surface area contributed by atoms with Crippen molar-refractivity contribution in [2.75, 3.05) is 0 Å². The molecule has 0 spiro atoms. The Bertz CT molecular complexity index is 437. The third-order valence-corrected chi connectivity index (χ3v) is 1.77. The van der Waals surface area contributed by atoms with Crippen molar-refractivity contribution in [3.05, 3.63) is 23.2 Å². The molecule has 0 radical (unpaired) electrons. The van der Waals surface area contributed by atoms with Gasteiger partial charge in [0.25, 0.3) is 0 Å². The highest BCUT2D eigenvalue weighted by Gasteiger charge is 2.02. The molecule has 0 amide bonds. The number of benzene rings is 1. The van der Waals surface area contributed by atoms with Crippen LogP contribution in [0.25, 0.3) is 11.0 Å². The number of nitrogens with zero attached hydrogens (tertiary/aromatic N) is 3. The lowest BCUT2D eigenvalue weighted by Gasteiger charge is -1.90. The van der Waals surface area contributed by atoms with Gasteiger partial charge in [0.1, 0.15) is 5.52 Å². The molecule has 0 aliphatic heterocycles. The van der Waals surface area contributed by atoms with Crippen molar-refractivity contribution >= 4 is 29.0 Å². The average molecular weight is 182 g/mol. The maximum atomic E-state index is 10.4. The zero-order chi connectivity index (χ0) is 8.55. The Morgan fingerprint density at radius 2 is 2.33 bits per heavy atom. The Kier molecular flexibility index (Phi) is 1.55. The molecule has 0 atom stereocenters. The van der Waals surface area contributed by atoms with Crippen molar-refractivity contribution < 1.29 is 4.79 Å². The fourth-order valence-corrected chi connectivity index (χ4v) is 1.15. The minimum atomic E-state index is 0.563. The van der Waals surface area contributed by atoms with Gasteiger partial charge in [0.15, 0.2) is 0 Å². The molecule has 0 aliphatic carbocycles. The molecule has 0 aliphatic rings. The van der Waals surface area contributed by atoms with Crippen LogP contribution in [0.4, 0.5) is 0 Å². The van der Waals surface area contributed by atoms with Crippen LogP contribution in [0.3, 0.4) is 0 Å². The van der Waals surface area contributed by atoms with E-state index in [9.17, 15) is 4.79 Å². The van der Waals surface area contributed by atoms with Gasteiger partial charge in [0.2, 0.25) is 6.41 Å². The van der Waals surface area contributed by atoms with Gasteiger partial charge in [-0.25, -0.2) is 0 Å². The molecule has 1 heterocycles. The lowest BCUT2D eigenvalue weighted by atomic mass is 10.3. The minimum absolute atomic E-state index is 0.563. The van der Waals surface area contributed by atoms with Crippen LogP contribution in [0, 0.1) is 0 Å². The van der Waals surface area contributed by atoms with Crippen molar-refractivity contribution in [3.8, 4) is 0 Å². The molecule has 5 heteroatoms. The Labute approximate surface area is 72.7 Å². The number of aromatic nitrogens is 3. The van der Waals surface area contributed by atoms with E-state index in [2.05, 4.69) is 10.3 Å². The van der Waals surface area contributed by atoms with E-state index >= 15 is 0 Å². The third-order valence-electron chi connectivity index (χ3n) is 1.53. The summed E-state index contributed by atoms with van der Waals surface area (Å²) >= 11 is 5.72. The van der Waals surface area contributed by atoms with Crippen molar-refractivity contribution in [1.82, 2.24) is 15.0 Å². The molecule has 0 unspecified atom stereocenters. The number of hydrogen-bond acceptors (Lipinski definition) is 3. The molecule has 1 aromatic carbocycles. The molecular formula is C7H4ClN3O. The van der Waals surface area contributed by atoms with Gasteiger partial charge in [-0.05, 0) is 18.2 Å². The molecule has 12 heavy (non-hydrogen) atoms. The smallest absolute Gasteiger partial charge is 0.236 e. The summed E-state index contributed by atoms with van der Waals surface area (Å²) in [5.41, 5.74) is 1.28. The highest BCUT2D eigenvalue weighted by Crippen LogP contribution is 2.15. The first kappa shape index (κ1) is 7.24. The molecule has 1 aromatic heterocycles. The number of fused-ring (bicyclic) bond motifs is 1. The molecule has 0 bridgehead atoms. The fourth-order valence-electron chi connectivity index (χ4n) is 0.987. The van der Waals surface area contributed by atoms with E-state index in [1.807, 2.05) is 0 Å². The molecular weight excluding hydrogens is 178 g/mol. The van der Waals surface area contributed by atoms with E-state index in [1.54, 1.807) is 18.2 Å². The van der Waals surface area contributed by atoms with E-state index in [0.29, 0.717) is 22.5 Å². The first-order valence-electron chi connectivity index (χ1n) is 3.27. The number of carbonyl (C=O) groups excluding carboxylic acids is 1. The van der Waals surface area contributed by atoms with Crippen molar-refractivity contribution in [2.24, 2.45) is 0 Å². The Morgan fingerprint density at radius 3 is 3.08 bits per heavy atom. The van der Waals surface area contributed by atoms with E-state index < -0.39 is 0 Å². The topological polar surface area (TPSA) is 47.8 Å². The number of hydrogen-bond donors (Lipinski definition) is 0. The van der Waals surface area contributed by atoms with Crippen molar-refractivity contribution in [1.29, 1.82) is 0 Å². The largest absolute Gasteiger partial charge is 0.276 e. The summed E-state index contributed by atoms with van der Waals surface area (Å²) in [6.45, 7) is 0. The van der Waals surface area contributed by atoms with Crippen molar-refractivity contribution in [3.63, 3.8) is 0 Å². The third kappa shape index (κ3) is 0.967. The van der Waals surface area contributed by atoms with E-state index in [0.717, 1.165) is 4.68 Å². The standard InChI is InChI=1S/C7H4ClN3O/c8-5-1-2-6-7(3-5)11(4-12)10-9-6/h1-4H. The van der Waals surface area contributed by atoms with Gasteiger partial charge in [0, 0.05) is 5.02 Å². The molecule has 2 aromatic rings. The second-order valence-electron chi connectivity index (χ2n) is 2.27. The van der Waals surface area contributed by atoms with Crippen LogP contribution >= 0.6 is 11.6 Å². The summed E-state index contributed by atoms with van der Waals surface area (Å²) in [4.78, 5) is 10.4. The number of halogens is 1. The van der Waals surface area contributed by atoms with Gasteiger partial charge in [-0.15, -0.1) is 5.10 Å². The molecule has 0 saturated carbocycles. The van der Waals surface area contributed by atoms with Gasteiger partial charge in [0.05, 0.1) is 5.52 Å². The van der Waals surface area contributed by atoms with E-state index in [1.165, 1.54) is 0 Å². The normalized spacial score (nSPS) is 10.4. The quantitative estimate of drug-likeness (QED) is 0.620. The Hall–Kier alpha value is -1.42. The van der Waals surface area contributed by atoms with E-state index in [4.69, 9.17) is 11.6 Å². The van der Waals surface area contributed by atoms with Crippen molar-refractivity contribution in [2.45, 2.75) is 0 Å². The molecule has 0 fully saturated rings. The summed E-state index contributed by atoms with van der Waals surface area (Å²) in [6, 6.07) is 5.06. The predicted octanol–water partition coefficient (Wildman–Crippen LogP) is 1.12. The zero-order valence-electron chi connectivity index (χ0n) is 5.94. The van der Waals surface area contributed by atoms with Gasteiger partial charge in [-0.1, -0.05) is 16.8 Å². The predicted molar refractivity (Wildman–Crippen MR) is 44.7 cm³/mol. The fraction of sp³-hybridized carbons (Fsp3) is 0. The second-order valence-corrected chi connectivity index (χ2v) is 2.71. The summed E-state index contributed by atoms with van der Waals surface area (Å²) in [5, 5.41) is 7.91. The zero-order valence-corrected chi connectivity index (χ0v) is 6.69. The number of rotatable bonds is 1. The van der Waals surface area contributed by atoms with Crippen LogP contribution < -0.4 is 0 Å². The van der Waals surface area contributed by atoms with Gasteiger partial charge < -0.3 is 0 Å². The summed E-state index contributed by atoms with van der Waals surface area (Å²) in [5.74, 6) is 0. The van der Waals surface area contributed by atoms with Gasteiger partial charge >= 0.3 is 0 Å². The molecule has 2 rings (SSSR count). The van der Waals surface area contributed by atoms with E-state index in [-0.39, 0.29) is 0 Å². The summed E-state index contributed by atoms with van der Waals surface area (Å²) in [7, 11) is 0. The van der Waals surface area contributed by atoms with Gasteiger partial charge in [-0.3, -0.25) is 4.79 Å². The average Bonchev–Trinajstić information content (AvgIpc) is 2.46. The second kappa shape index (κ2) is 2.57. The minimum Gasteiger partial charge on any atom is -0.276 e. The highest BCUT2D eigenvalue weighted by atomic mass is 35.5. The first-order valence-corrected chi connectivity index (χ1v) is 3.65.